The van der Waals surface area contributed by atoms with Gasteiger partial charge in [-0.1, -0.05) is 48.0 Å². The third-order valence-electron chi connectivity index (χ3n) is 3.08. The van der Waals surface area contributed by atoms with Gasteiger partial charge in [-0.3, -0.25) is 0 Å². The van der Waals surface area contributed by atoms with Crippen LogP contribution in [0.4, 0.5) is 0 Å². The van der Waals surface area contributed by atoms with E-state index in [2.05, 4.69) is 41.5 Å². The standard InChI is InChI=1S/C12H26/c1-7-11(6)8-12(9(2)3)10(4)5/h9-12H,7-8H2,1-6H3. The molecular weight excluding hydrogens is 144 g/mol. The van der Waals surface area contributed by atoms with Gasteiger partial charge in [0.2, 0.25) is 0 Å². The van der Waals surface area contributed by atoms with Crippen LogP contribution in [0.15, 0.2) is 0 Å². The highest BCUT2D eigenvalue weighted by molar-refractivity contribution is 4.69. The highest BCUT2D eigenvalue weighted by Gasteiger charge is 2.19. The number of rotatable bonds is 5. The van der Waals surface area contributed by atoms with E-state index in [1.807, 2.05) is 0 Å². The highest BCUT2D eigenvalue weighted by Crippen LogP contribution is 2.28. The highest BCUT2D eigenvalue weighted by atomic mass is 14.2. The molecule has 0 radical (unpaired) electrons. The van der Waals surface area contributed by atoms with Crippen molar-refractivity contribution < 1.29 is 0 Å². The zero-order chi connectivity index (χ0) is 9.72. The molecule has 0 bridgehead atoms. The SMILES string of the molecule is CCC(C)CC(C(C)C)C(C)C. The zero-order valence-electron chi connectivity index (χ0n) is 9.72. The van der Waals surface area contributed by atoms with Crippen LogP contribution in [0.2, 0.25) is 0 Å². The second kappa shape index (κ2) is 5.61. The van der Waals surface area contributed by atoms with Gasteiger partial charge in [-0.25, -0.2) is 0 Å². The van der Waals surface area contributed by atoms with Crippen LogP contribution in [0.3, 0.4) is 0 Å². The summed E-state index contributed by atoms with van der Waals surface area (Å²) in [7, 11) is 0. The second-order valence-electron chi connectivity index (χ2n) is 4.90. The third-order valence-corrected chi connectivity index (χ3v) is 3.08. The lowest BCUT2D eigenvalue weighted by atomic mass is 9.79. The van der Waals surface area contributed by atoms with E-state index in [1.165, 1.54) is 12.8 Å². The zero-order valence-corrected chi connectivity index (χ0v) is 9.72. The average Bonchev–Trinajstić information content (AvgIpc) is 1.98. The van der Waals surface area contributed by atoms with Gasteiger partial charge in [-0.15, -0.1) is 0 Å². The maximum atomic E-state index is 2.37. The molecule has 12 heavy (non-hydrogen) atoms. The van der Waals surface area contributed by atoms with E-state index in [4.69, 9.17) is 0 Å². The van der Waals surface area contributed by atoms with Crippen LogP contribution in [-0.4, -0.2) is 0 Å². The average molecular weight is 170 g/mol. The van der Waals surface area contributed by atoms with E-state index in [9.17, 15) is 0 Å². The Morgan fingerprint density at radius 1 is 0.833 bits per heavy atom. The van der Waals surface area contributed by atoms with Crippen LogP contribution in [-0.2, 0) is 0 Å². The quantitative estimate of drug-likeness (QED) is 0.575. The molecule has 0 aromatic carbocycles. The predicted octanol–water partition coefficient (Wildman–Crippen LogP) is 4.35. The Morgan fingerprint density at radius 3 is 1.50 bits per heavy atom. The topological polar surface area (TPSA) is 0 Å². The fourth-order valence-corrected chi connectivity index (χ4v) is 1.95. The molecule has 0 aliphatic rings. The normalized spacial score (nSPS) is 14.8. The Morgan fingerprint density at radius 2 is 1.25 bits per heavy atom. The van der Waals surface area contributed by atoms with Gasteiger partial charge in [-0.05, 0) is 30.1 Å². The molecule has 0 amide bonds. The van der Waals surface area contributed by atoms with Gasteiger partial charge in [0.1, 0.15) is 0 Å². The minimum absolute atomic E-state index is 0.846. The van der Waals surface area contributed by atoms with Gasteiger partial charge in [0, 0.05) is 0 Å². The first-order chi connectivity index (χ1) is 5.49. The van der Waals surface area contributed by atoms with E-state index in [0.717, 1.165) is 23.7 Å². The van der Waals surface area contributed by atoms with E-state index in [1.54, 1.807) is 0 Å². The van der Waals surface area contributed by atoms with Crippen molar-refractivity contribution in [2.75, 3.05) is 0 Å². The summed E-state index contributed by atoms with van der Waals surface area (Å²) in [5, 5.41) is 0. The fourth-order valence-electron chi connectivity index (χ4n) is 1.95. The van der Waals surface area contributed by atoms with Crippen LogP contribution in [0.1, 0.15) is 54.4 Å². The van der Waals surface area contributed by atoms with Crippen molar-refractivity contribution in [2.45, 2.75) is 54.4 Å². The summed E-state index contributed by atoms with van der Waals surface area (Å²) in [4.78, 5) is 0. The summed E-state index contributed by atoms with van der Waals surface area (Å²) in [5.74, 6) is 3.51. The van der Waals surface area contributed by atoms with Gasteiger partial charge in [0.15, 0.2) is 0 Å². The molecule has 0 saturated heterocycles. The molecule has 0 saturated carbocycles. The van der Waals surface area contributed by atoms with Crippen LogP contribution >= 0.6 is 0 Å². The smallest absolute Gasteiger partial charge is 0.0365 e. The summed E-state index contributed by atoms with van der Waals surface area (Å²) in [6.07, 6.45) is 2.74. The first-order valence-electron chi connectivity index (χ1n) is 5.49. The lowest BCUT2D eigenvalue weighted by Crippen LogP contribution is -2.18. The van der Waals surface area contributed by atoms with Crippen LogP contribution in [0, 0.1) is 23.7 Å². The summed E-state index contributed by atoms with van der Waals surface area (Å²) in [6, 6.07) is 0. The van der Waals surface area contributed by atoms with E-state index in [0.29, 0.717) is 0 Å². The van der Waals surface area contributed by atoms with Gasteiger partial charge in [0.25, 0.3) is 0 Å². The second-order valence-corrected chi connectivity index (χ2v) is 4.90. The maximum absolute atomic E-state index is 2.37. The third kappa shape index (κ3) is 4.13. The Hall–Kier alpha value is 0. The van der Waals surface area contributed by atoms with Gasteiger partial charge in [-0.2, -0.15) is 0 Å². The molecule has 1 unspecified atom stereocenters. The molecule has 0 aliphatic heterocycles. The summed E-state index contributed by atoms with van der Waals surface area (Å²) < 4.78 is 0. The fraction of sp³-hybridized carbons (Fsp3) is 1.00. The van der Waals surface area contributed by atoms with Crippen LogP contribution < -0.4 is 0 Å². The molecule has 0 heteroatoms. The van der Waals surface area contributed by atoms with Crippen molar-refractivity contribution >= 4 is 0 Å². The molecule has 0 aromatic heterocycles. The van der Waals surface area contributed by atoms with Crippen LogP contribution in [0.25, 0.3) is 0 Å². The first kappa shape index (κ1) is 12.0. The lowest BCUT2D eigenvalue weighted by Gasteiger charge is -2.27. The Kier molecular flexibility index (Phi) is 5.61. The maximum Gasteiger partial charge on any atom is -0.0365 e. The minimum atomic E-state index is 0.846. The van der Waals surface area contributed by atoms with Crippen molar-refractivity contribution in [1.29, 1.82) is 0 Å². The first-order valence-corrected chi connectivity index (χ1v) is 5.49. The molecule has 0 rings (SSSR count). The van der Waals surface area contributed by atoms with Gasteiger partial charge >= 0.3 is 0 Å². The molecule has 0 spiro atoms. The van der Waals surface area contributed by atoms with Crippen molar-refractivity contribution in [1.82, 2.24) is 0 Å². The van der Waals surface area contributed by atoms with Gasteiger partial charge in [0.05, 0.1) is 0 Å². The van der Waals surface area contributed by atoms with Gasteiger partial charge < -0.3 is 0 Å². The Balaban J connectivity index is 3.95. The number of hydrogen-bond acceptors (Lipinski definition) is 0. The monoisotopic (exact) mass is 170 g/mol. The molecule has 74 valence electrons. The van der Waals surface area contributed by atoms with Crippen LogP contribution in [0.5, 0.6) is 0 Å². The Labute approximate surface area is 78.8 Å². The lowest BCUT2D eigenvalue weighted by molar-refractivity contribution is 0.232. The van der Waals surface area contributed by atoms with Crippen molar-refractivity contribution in [2.24, 2.45) is 23.7 Å². The summed E-state index contributed by atoms with van der Waals surface area (Å²) in [6.45, 7) is 14.1. The number of hydrogen-bond donors (Lipinski definition) is 0. The van der Waals surface area contributed by atoms with E-state index in [-0.39, 0.29) is 0 Å². The minimum Gasteiger partial charge on any atom is -0.0651 e. The molecule has 0 nitrogen and oxygen atoms in total. The predicted molar refractivity (Wildman–Crippen MR) is 57.2 cm³/mol. The van der Waals surface area contributed by atoms with Crippen molar-refractivity contribution in [3.8, 4) is 0 Å². The van der Waals surface area contributed by atoms with Crippen molar-refractivity contribution in [3.63, 3.8) is 0 Å². The summed E-state index contributed by atoms with van der Waals surface area (Å²) >= 11 is 0. The molecule has 0 fully saturated rings. The molecular formula is C12H26. The molecule has 0 aromatic rings. The van der Waals surface area contributed by atoms with E-state index < -0.39 is 0 Å². The molecule has 0 heterocycles. The molecule has 0 aliphatic carbocycles. The Bertz CT molecular complexity index is 94.6. The molecule has 1 atom stereocenters. The van der Waals surface area contributed by atoms with Crippen molar-refractivity contribution in [3.05, 3.63) is 0 Å². The summed E-state index contributed by atoms with van der Waals surface area (Å²) in [5.41, 5.74) is 0. The largest absolute Gasteiger partial charge is 0.0651 e. The van der Waals surface area contributed by atoms with E-state index >= 15 is 0 Å². The molecule has 0 N–H and O–H groups in total.